The van der Waals surface area contributed by atoms with E-state index in [1.54, 1.807) is 6.20 Å². The molecule has 5 nitrogen and oxygen atoms in total. The zero-order valence-corrected chi connectivity index (χ0v) is 22.9. The van der Waals surface area contributed by atoms with Crippen LogP contribution in [0.5, 0.6) is 0 Å². The summed E-state index contributed by atoms with van der Waals surface area (Å²) in [6.07, 6.45) is 1.78. The van der Waals surface area contributed by atoms with E-state index < -0.39 is 0 Å². The zero-order chi connectivity index (χ0) is 28.3. The van der Waals surface area contributed by atoms with E-state index in [2.05, 4.69) is 96.0 Å². The van der Waals surface area contributed by atoms with Crippen LogP contribution in [-0.4, -0.2) is 19.9 Å². The van der Waals surface area contributed by atoms with Crippen molar-refractivity contribution in [2.45, 2.75) is 0 Å². The zero-order valence-electron chi connectivity index (χ0n) is 22.9. The fourth-order valence-corrected chi connectivity index (χ4v) is 6.05. The Hall–Kier alpha value is -5.94. The number of pyridine rings is 1. The molecule has 0 saturated heterocycles. The molecule has 3 heterocycles. The number of benzene rings is 6. The maximum atomic E-state index is 6.15. The third kappa shape index (κ3) is 3.86. The van der Waals surface area contributed by atoms with E-state index in [1.807, 2.05) is 36.4 Å². The highest BCUT2D eigenvalue weighted by Gasteiger charge is 2.18. The minimum atomic E-state index is 0.574. The van der Waals surface area contributed by atoms with Gasteiger partial charge in [-0.25, -0.2) is 15.0 Å². The monoisotopic (exact) mass is 550 g/mol. The van der Waals surface area contributed by atoms with E-state index in [-0.39, 0.29) is 0 Å². The van der Waals surface area contributed by atoms with Crippen molar-refractivity contribution in [3.8, 4) is 34.2 Å². The van der Waals surface area contributed by atoms with Gasteiger partial charge in [0, 0.05) is 22.9 Å². The smallest absolute Gasteiger partial charge is 0.164 e. The summed E-state index contributed by atoms with van der Waals surface area (Å²) in [6.45, 7) is 0. The highest BCUT2D eigenvalue weighted by molar-refractivity contribution is 6.10. The van der Waals surface area contributed by atoms with E-state index in [1.165, 1.54) is 21.5 Å². The van der Waals surface area contributed by atoms with Crippen LogP contribution in [0.3, 0.4) is 0 Å². The molecule has 0 saturated carbocycles. The van der Waals surface area contributed by atoms with Crippen LogP contribution in [-0.2, 0) is 0 Å². The van der Waals surface area contributed by atoms with Crippen molar-refractivity contribution in [2.75, 3.05) is 0 Å². The van der Waals surface area contributed by atoms with Crippen molar-refractivity contribution in [1.29, 1.82) is 0 Å². The minimum absolute atomic E-state index is 0.574. The van der Waals surface area contributed by atoms with E-state index in [9.17, 15) is 0 Å². The number of hydrogen-bond acceptors (Lipinski definition) is 5. The van der Waals surface area contributed by atoms with Gasteiger partial charge >= 0.3 is 0 Å². The van der Waals surface area contributed by atoms with Crippen molar-refractivity contribution in [1.82, 2.24) is 19.9 Å². The molecule has 9 aromatic rings. The van der Waals surface area contributed by atoms with Crippen molar-refractivity contribution < 1.29 is 4.42 Å². The van der Waals surface area contributed by atoms with Crippen molar-refractivity contribution in [3.05, 3.63) is 134 Å². The Morgan fingerprint density at radius 2 is 1.09 bits per heavy atom. The molecule has 6 aromatic carbocycles. The average Bonchev–Trinajstić information content (AvgIpc) is 3.46. The molecule has 0 N–H and O–H groups in total. The average molecular weight is 551 g/mol. The Bertz CT molecular complexity index is 2530. The fraction of sp³-hybridized carbons (Fsp3) is 0. The van der Waals surface area contributed by atoms with Gasteiger partial charge in [-0.2, -0.15) is 0 Å². The van der Waals surface area contributed by atoms with Crippen molar-refractivity contribution in [3.63, 3.8) is 0 Å². The molecule has 0 aliphatic rings. The first-order valence-electron chi connectivity index (χ1n) is 14.2. The van der Waals surface area contributed by atoms with Gasteiger partial charge in [0.2, 0.25) is 0 Å². The molecule has 5 heteroatoms. The summed E-state index contributed by atoms with van der Waals surface area (Å²) in [5, 5.41) is 7.93. The van der Waals surface area contributed by atoms with Crippen LogP contribution in [0.25, 0.3) is 88.5 Å². The normalized spacial score (nSPS) is 11.7. The molecule has 0 amide bonds. The molecule has 0 unspecified atom stereocenters. The molecule has 9 rings (SSSR count). The van der Waals surface area contributed by atoms with Crippen LogP contribution in [0.15, 0.2) is 138 Å². The minimum Gasteiger partial charge on any atom is -0.454 e. The molecule has 0 aliphatic carbocycles. The highest BCUT2D eigenvalue weighted by atomic mass is 16.3. The van der Waals surface area contributed by atoms with E-state index in [4.69, 9.17) is 19.4 Å². The standard InChI is InChI=1S/C38H22N4O/c1-2-9-26-21-27(18-14-23(26)7-1)36-40-37(28-19-17-25-16-15-24-8-3-4-10-29(24)31(25)22-28)42-38(41-36)30-11-5-12-32-34(30)35-33(43-32)13-6-20-39-35/h1-22H. The number of furan rings is 1. The summed E-state index contributed by atoms with van der Waals surface area (Å²) in [6, 6.07) is 43.7. The maximum absolute atomic E-state index is 6.15. The molecule has 3 aromatic heterocycles. The van der Waals surface area contributed by atoms with Gasteiger partial charge in [-0.3, -0.25) is 4.98 Å². The van der Waals surface area contributed by atoms with Crippen LogP contribution < -0.4 is 0 Å². The first-order chi connectivity index (χ1) is 21.3. The Labute approximate surface area is 246 Å². The van der Waals surface area contributed by atoms with Gasteiger partial charge < -0.3 is 4.42 Å². The summed E-state index contributed by atoms with van der Waals surface area (Å²) in [5.74, 6) is 1.80. The number of nitrogens with zero attached hydrogens (tertiary/aromatic N) is 4. The van der Waals surface area contributed by atoms with Crippen molar-refractivity contribution in [2.24, 2.45) is 0 Å². The van der Waals surface area contributed by atoms with Crippen LogP contribution in [0.2, 0.25) is 0 Å². The second-order valence-corrected chi connectivity index (χ2v) is 10.7. The molecule has 0 atom stereocenters. The third-order valence-electron chi connectivity index (χ3n) is 8.14. The molecule has 0 fully saturated rings. The van der Waals surface area contributed by atoms with Crippen LogP contribution >= 0.6 is 0 Å². The number of fused-ring (bicyclic) bond motifs is 7. The quantitative estimate of drug-likeness (QED) is 0.205. The first-order valence-corrected chi connectivity index (χ1v) is 14.2. The molecular weight excluding hydrogens is 528 g/mol. The largest absolute Gasteiger partial charge is 0.454 e. The van der Waals surface area contributed by atoms with Crippen LogP contribution in [0.4, 0.5) is 0 Å². The lowest BCUT2D eigenvalue weighted by atomic mass is 9.99. The van der Waals surface area contributed by atoms with Gasteiger partial charge in [-0.15, -0.1) is 0 Å². The molecule has 43 heavy (non-hydrogen) atoms. The summed E-state index contributed by atoms with van der Waals surface area (Å²) in [5.41, 5.74) is 4.98. The molecule has 0 spiro atoms. The van der Waals surface area contributed by atoms with Gasteiger partial charge in [-0.05, 0) is 62.6 Å². The topological polar surface area (TPSA) is 64.7 Å². The predicted molar refractivity (Wildman–Crippen MR) is 174 cm³/mol. The molecule has 0 radical (unpaired) electrons. The summed E-state index contributed by atoms with van der Waals surface area (Å²) in [7, 11) is 0. The van der Waals surface area contributed by atoms with Crippen LogP contribution in [0.1, 0.15) is 0 Å². The van der Waals surface area contributed by atoms with Gasteiger partial charge in [-0.1, -0.05) is 97.1 Å². The van der Waals surface area contributed by atoms with E-state index >= 15 is 0 Å². The van der Waals surface area contributed by atoms with Gasteiger partial charge in [0.25, 0.3) is 0 Å². The molecular formula is C38H22N4O. The lowest BCUT2D eigenvalue weighted by molar-refractivity contribution is 0.668. The summed E-state index contributed by atoms with van der Waals surface area (Å²) >= 11 is 0. The second kappa shape index (κ2) is 9.29. The Balaban J connectivity index is 1.32. The highest BCUT2D eigenvalue weighted by Crippen LogP contribution is 2.36. The van der Waals surface area contributed by atoms with Gasteiger partial charge in [0.05, 0.1) is 5.39 Å². The number of aromatic nitrogens is 4. The SMILES string of the molecule is c1ccc2cc(-c3nc(-c4ccc5ccc6ccccc6c5c4)nc(-c4cccc5oc6cccnc6c45)n3)ccc2c1. The van der Waals surface area contributed by atoms with Crippen molar-refractivity contribution >= 4 is 54.4 Å². The lowest BCUT2D eigenvalue weighted by Crippen LogP contribution is -2.00. The Morgan fingerprint density at radius 1 is 0.442 bits per heavy atom. The third-order valence-corrected chi connectivity index (χ3v) is 8.14. The lowest BCUT2D eigenvalue weighted by Gasteiger charge is -2.11. The van der Waals surface area contributed by atoms with E-state index in [0.717, 1.165) is 49.5 Å². The molecule has 200 valence electrons. The maximum Gasteiger partial charge on any atom is 0.164 e. The van der Waals surface area contributed by atoms with E-state index in [0.29, 0.717) is 17.5 Å². The number of rotatable bonds is 3. The predicted octanol–water partition coefficient (Wildman–Crippen LogP) is 9.63. The fourth-order valence-electron chi connectivity index (χ4n) is 6.05. The van der Waals surface area contributed by atoms with Crippen LogP contribution in [0, 0.1) is 0 Å². The molecule has 0 bridgehead atoms. The van der Waals surface area contributed by atoms with Gasteiger partial charge in [0.1, 0.15) is 11.1 Å². The summed E-state index contributed by atoms with van der Waals surface area (Å²) < 4.78 is 6.15. The Morgan fingerprint density at radius 3 is 1.95 bits per heavy atom. The first kappa shape index (κ1) is 23.7. The second-order valence-electron chi connectivity index (χ2n) is 10.7. The number of hydrogen-bond donors (Lipinski definition) is 0. The summed E-state index contributed by atoms with van der Waals surface area (Å²) in [4.78, 5) is 19.9. The molecule has 0 aliphatic heterocycles. The Kier molecular flexibility index (Phi) is 5.13. The van der Waals surface area contributed by atoms with Gasteiger partial charge in [0.15, 0.2) is 23.1 Å².